The van der Waals surface area contributed by atoms with Crippen LogP contribution in [0.15, 0.2) is 42.9 Å². The third kappa shape index (κ3) is 4.34. The summed E-state index contributed by atoms with van der Waals surface area (Å²) in [5.41, 5.74) is 6.89. The van der Waals surface area contributed by atoms with E-state index in [1.54, 1.807) is 12.4 Å². The Bertz CT molecular complexity index is 1580. The summed E-state index contributed by atoms with van der Waals surface area (Å²) in [4.78, 5) is 29.6. The number of amides is 1. The number of aromatic nitrogens is 4. The Balaban J connectivity index is 1.25. The second-order valence-electron chi connectivity index (χ2n) is 10.7. The minimum absolute atomic E-state index is 0.125. The maximum absolute atomic E-state index is 13.0. The fraction of sp³-hybridized carbons (Fsp3) is 0.379. The number of likely N-dealkylation sites (tertiary alicyclic amines) is 1. The number of aliphatic hydroxyl groups excluding tert-OH is 1. The van der Waals surface area contributed by atoms with Gasteiger partial charge < -0.3 is 25.0 Å². The zero-order valence-corrected chi connectivity index (χ0v) is 21.9. The highest BCUT2D eigenvalue weighted by Crippen LogP contribution is 2.36. The van der Waals surface area contributed by atoms with Crippen LogP contribution in [0.4, 0.5) is 11.5 Å². The van der Waals surface area contributed by atoms with E-state index in [-0.39, 0.29) is 12.0 Å². The van der Waals surface area contributed by atoms with Gasteiger partial charge in [0.05, 0.1) is 41.5 Å². The molecule has 0 bridgehead atoms. The molecule has 200 valence electrons. The molecule has 0 spiro atoms. The Morgan fingerprint density at radius 3 is 2.95 bits per heavy atom. The fourth-order valence-electron chi connectivity index (χ4n) is 6.10. The molecule has 2 fully saturated rings. The third-order valence-corrected chi connectivity index (χ3v) is 8.12. The third-order valence-electron chi connectivity index (χ3n) is 8.12. The maximum Gasteiger partial charge on any atom is 0.254 e. The number of carbonyl (C=O) groups excluding carboxylic acids is 1. The summed E-state index contributed by atoms with van der Waals surface area (Å²) in [6.45, 7) is 4.06. The molecule has 3 N–H and O–H groups in total. The van der Waals surface area contributed by atoms with E-state index in [0.29, 0.717) is 49.2 Å². The number of aliphatic hydroxyl groups is 1. The summed E-state index contributed by atoms with van der Waals surface area (Å²) in [5.74, 6) is 0.860. The lowest BCUT2D eigenvalue weighted by molar-refractivity contribution is 0.0966. The van der Waals surface area contributed by atoms with Gasteiger partial charge in [0.25, 0.3) is 5.91 Å². The summed E-state index contributed by atoms with van der Waals surface area (Å²) < 4.78 is 7.64. The predicted octanol–water partition coefficient (Wildman–Crippen LogP) is 3.09. The molecular formula is C29H31N7O3. The van der Waals surface area contributed by atoms with Gasteiger partial charge in [0, 0.05) is 74.7 Å². The SMILES string of the molecule is Cn1ccc2c(-c3ncc(Nc4ccc([C@H]5CCOC5)c(CN5CC[C@H](O)C5)n4)c4c3CNC4=O)ccnc21. The van der Waals surface area contributed by atoms with E-state index >= 15 is 0 Å². The minimum Gasteiger partial charge on any atom is -0.392 e. The van der Waals surface area contributed by atoms with Crippen molar-refractivity contribution in [1.82, 2.24) is 29.7 Å². The van der Waals surface area contributed by atoms with E-state index in [0.717, 1.165) is 59.5 Å². The second kappa shape index (κ2) is 9.71. The zero-order chi connectivity index (χ0) is 26.5. The van der Waals surface area contributed by atoms with Gasteiger partial charge in [-0.05, 0) is 36.6 Å². The number of nitrogens with zero attached hydrogens (tertiary/aromatic N) is 5. The molecule has 2 saturated heterocycles. The van der Waals surface area contributed by atoms with Gasteiger partial charge in [-0.2, -0.15) is 0 Å². The highest BCUT2D eigenvalue weighted by molar-refractivity contribution is 6.06. The first-order chi connectivity index (χ1) is 19.0. The predicted molar refractivity (Wildman–Crippen MR) is 147 cm³/mol. The Morgan fingerprint density at radius 2 is 2.13 bits per heavy atom. The average Bonchev–Trinajstić information content (AvgIpc) is 3.74. The monoisotopic (exact) mass is 525 g/mol. The van der Waals surface area contributed by atoms with E-state index in [4.69, 9.17) is 14.7 Å². The van der Waals surface area contributed by atoms with Gasteiger partial charge in [-0.3, -0.25) is 14.7 Å². The average molecular weight is 526 g/mol. The maximum atomic E-state index is 13.0. The molecule has 2 atom stereocenters. The molecule has 3 aliphatic rings. The molecule has 1 amide bonds. The Morgan fingerprint density at radius 1 is 1.21 bits per heavy atom. The molecule has 0 saturated carbocycles. The van der Waals surface area contributed by atoms with Crippen LogP contribution in [0.1, 0.15) is 45.9 Å². The number of fused-ring (bicyclic) bond motifs is 2. The van der Waals surface area contributed by atoms with Crippen LogP contribution in [-0.2, 0) is 24.9 Å². The van der Waals surface area contributed by atoms with Crippen molar-refractivity contribution in [2.24, 2.45) is 7.05 Å². The van der Waals surface area contributed by atoms with E-state index < -0.39 is 0 Å². The van der Waals surface area contributed by atoms with Crippen molar-refractivity contribution < 1.29 is 14.6 Å². The number of hydrogen-bond donors (Lipinski definition) is 3. The van der Waals surface area contributed by atoms with Crippen molar-refractivity contribution in [3.8, 4) is 11.3 Å². The van der Waals surface area contributed by atoms with Crippen molar-refractivity contribution in [1.29, 1.82) is 0 Å². The van der Waals surface area contributed by atoms with Crippen LogP contribution in [0.2, 0.25) is 0 Å². The Kier molecular flexibility index (Phi) is 6.03. The first-order valence-corrected chi connectivity index (χ1v) is 13.5. The topological polar surface area (TPSA) is 117 Å². The number of hydrogen-bond acceptors (Lipinski definition) is 8. The molecule has 0 aromatic carbocycles. The van der Waals surface area contributed by atoms with Gasteiger partial charge in [-0.1, -0.05) is 6.07 Å². The largest absolute Gasteiger partial charge is 0.392 e. The van der Waals surface area contributed by atoms with Gasteiger partial charge in [-0.25, -0.2) is 9.97 Å². The van der Waals surface area contributed by atoms with Gasteiger partial charge in [0.15, 0.2) is 0 Å². The lowest BCUT2D eigenvalue weighted by Crippen LogP contribution is -2.23. The number of pyridine rings is 3. The molecular weight excluding hydrogens is 494 g/mol. The number of anilines is 2. The quantitative estimate of drug-likeness (QED) is 0.352. The van der Waals surface area contributed by atoms with Crippen LogP contribution in [0.25, 0.3) is 22.3 Å². The van der Waals surface area contributed by atoms with Crippen LogP contribution in [-0.4, -0.2) is 67.8 Å². The summed E-state index contributed by atoms with van der Waals surface area (Å²) >= 11 is 0. The van der Waals surface area contributed by atoms with E-state index in [2.05, 4.69) is 26.6 Å². The van der Waals surface area contributed by atoms with Crippen molar-refractivity contribution >= 4 is 28.4 Å². The van der Waals surface area contributed by atoms with E-state index in [9.17, 15) is 9.90 Å². The van der Waals surface area contributed by atoms with Gasteiger partial charge in [0.2, 0.25) is 0 Å². The van der Waals surface area contributed by atoms with Crippen LogP contribution in [0.3, 0.4) is 0 Å². The molecule has 10 heteroatoms. The van der Waals surface area contributed by atoms with Crippen molar-refractivity contribution in [3.63, 3.8) is 0 Å². The number of rotatable bonds is 6. The Labute approximate surface area is 226 Å². The molecule has 10 nitrogen and oxygen atoms in total. The van der Waals surface area contributed by atoms with Gasteiger partial charge in [-0.15, -0.1) is 0 Å². The fourth-order valence-corrected chi connectivity index (χ4v) is 6.10. The Hall–Kier alpha value is -3.86. The lowest BCUT2D eigenvalue weighted by Gasteiger charge is -2.20. The number of carbonyl (C=O) groups is 1. The van der Waals surface area contributed by atoms with Crippen LogP contribution in [0, 0.1) is 0 Å². The molecule has 7 rings (SSSR count). The lowest BCUT2D eigenvalue weighted by atomic mass is 9.96. The first kappa shape index (κ1) is 24.2. The standard InChI is InChI=1S/C29H31N7O3/c1-35-9-6-21-20(4-8-30-28(21)35)27-22-12-32-29(38)26(22)23(13-31-27)33-25-3-2-19(17-7-11-39-16-17)24(34-25)15-36-10-5-18(37)14-36/h2-4,6,8-9,13,17-18,37H,5,7,10-12,14-16H2,1H3,(H,32,38)(H,33,34)/t17-,18-/m0/s1. The summed E-state index contributed by atoms with van der Waals surface area (Å²) in [7, 11) is 1.97. The normalized spacial score (nSPS) is 21.0. The second-order valence-corrected chi connectivity index (χ2v) is 10.7. The first-order valence-electron chi connectivity index (χ1n) is 13.5. The van der Waals surface area contributed by atoms with Crippen molar-refractivity contribution in [2.75, 3.05) is 31.6 Å². The van der Waals surface area contributed by atoms with Crippen LogP contribution >= 0.6 is 0 Å². The number of nitrogens with one attached hydrogen (secondary N) is 2. The summed E-state index contributed by atoms with van der Waals surface area (Å²) in [6, 6.07) is 8.08. The van der Waals surface area contributed by atoms with Gasteiger partial charge in [0.1, 0.15) is 11.5 Å². The molecule has 39 heavy (non-hydrogen) atoms. The summed E-state index contributed by atoms with van der Waals surface area (Å²) in [5, 5.41) is 17.4. The molecule has 3 aliphatic heterocycles. The van der Waals surface area contributed by atoms with Crippen LogP contribution in [0.5, 0.6) is 0 Å². The molecule has 7 heterocycles. The summed E-state index contributed by atoms with van der Waals surface area (Å²) in [6.07, 6.45) is 6.97. The molecule has 4 aromatic rings. The van der Waals surface area contributed by atoms with Crippen molar-refractivity contribution in [2.45, 2.75) is 38.0 Å². The highest BCUT2D eigenvalue weighted by atomic mass is 16.5. The molecule has 4 aromatic heterocycles. The van der Waals surface area contributed by atoms with Crippen molar-refractivity contribution in [3.05, 3.63) is 65.2 Å². The molecule has 0 aliphatic carbocycles. The molecule has 0 unspecified atom stereocenters. The highest BCUT2D eigenvalue weighted by Gasteiger charge is 2.29. The number of ether oxygens (including phenoxy) is 1. The van der Waals surface area contributed by atoms with Crippen LogP contribution < -0.4 is 10.6 Å². The zero-order valence-electron chi connectivity index (χ0n) is 21.9. The molecule has 0 radical (unpaired) electrons. The van der Waals surface area contributed by atoms with E-state index in [1.165, 1.54) is 5.56 Å². The minimum atomic E-state index is -0.284. The number of aryl methyl sites for hydroxylation is 1. The van der Waals surface area contributed by atoms with E-state index in [1.807, 2.05) is 36.0 Å². The smallest absolute Gasteiger partial charge is 0.254 e. The number of β-amino-alcohol motifs (C(OH)–C–C–N with tert-alkyl or cyclic N) is 1. The van der Waals surface area contributed by atoms with Gasteiger partial charge >= 0.3 is 0 Å².